The van der Waals surface area contributed by atoms with Crippen LogP contribution in [0.4, 0.5) is 0 Å². The van der Waals surface area contributed by atoms with Crippen molar-refractivity contribution < 1.29 is 0 Å². The molecule has 0 aliphatic rings. The second kappa shape index (κ2) is 5.31. The molecule has 0 aliphatic heterocycles. The van der Waals surface area contributed by atoms with Crippen molar-refractivity contribution in [1.82, 2.24) is 14.8 Å². The molecule has 2 aromatic rings. The van der Waals surface area contributed by atoms with Crippen LogP contribution in [0, 0.1) is 0 Å². The van der Waals surface area contributed by atoms with Crippen LogP contribution in [0.5, 0.6) is 0 Å². The van der Waals surface area contributed by atoms with Gasteiger partial charge in [0.1, 0.15) is 12.2 Å². The molecule has 96 valence electrons. The Morgan fingerprint density at radius 2 is 2.00 bits per heavy atom. The summed E-state index contributed by atoms with van der Waals surface area (Å²) in [6.45, 7) is 2.15. The number of aromatic nitrogens is 3. The lowest BCUT2D eigenvalue weighted by molar-refractivity contribution is 0.386. The molecule has 4 heteroatoms. The number of benzene rings is 1. The fourth-order valence-corrected chi connectivity index (χ4v) is 2.31. The lowest BCUT2D eigenvalue weighted by atomic mass is 9.83. The summed E-state index contributed by atoms with van der Waals surface area (Å²) < 4.78 is 1.79. The lowest BCUT2D eigenvalue weighted by Crippen LogP contribution is -2.39. The molecule has 4 nitrogen and oxygen atoms in total. The predicted octanol–water partition coefficient (Wildman–Crippen LogP) is 2.01. The first kappa shape index (κ1) is 12.8. The van der Waals surface area contributed by atoms with Crippen LogP contribution in [-0.2, 0) is 19.0 Å². The molecule has 18 heavy (non-hydrogen) atoms. The average molecular weight is 244 g/mol. The van der Waals surface area contributed by atoms with Gasteiger partial charge in [0.25, 0.3) is 0 Å². The van der Waals surface area contributed by atoms with Crippen molar-refractivity contribution in [2.45, 2.75) is 31.7 Å². The fraction of sp³-hybridized carbons (Fsp3) is 0.429. The van der Waals surface area contributed by atoms with E-state index in [2.05, 4.69) is 29.1 Å². The normalized spacial score (nSPS) is 14.4. The van der Waals surface area contributed by atoms with Gasteiger partial charge in [-0.15, -0.1) is 0 Å². The Hall–Kier alpha value is -1.68. The van der Waals surface area contributed by atoms with E-state index in [1.54, 1.807) is 11.0 Å². The third-order valence-corrected chi connectivity index (χ3v) is 3.32. The van der Waals surface area contributed by atoms with Crippen LogP contribution >= 0.6 is 0 Å². The SMILES string of the molecule is CCCC(N)(Cc1ncnn1C)c1ccccc1. The van der Waals surface area contributed by atoms with Crippen LogP contribution in [0.1, 0.15) is 31.2 Å². The van der Waals surface area contributed by atoms with E-state index in [9.17, 15) is 0 Å². The standard InChI is InChI=1S/C14H20N4/c1-3-9-14(15,12-7-5-4-6-8-12)10-13-16-11-17-18(13)2/h4-8,11H,3,9-10,15H2,1-2H3. The Kier molecular flexibility index (Phi) is 3.77. The minimum Gasteiger partial charge on any atom is -0.321 e. The van der Waals surface area contributed by atoms with Crippen molar-refractivity contribution >= 4 is 0 Å². The Bertz CT molecular complexity index is 492. The third kappa shape index (κ3) is 2.59. The van der Waals surface area contributed by atoms with Gasteiger partial charge in [-0.3, -0.25) is 4.68 Å². The highest BCUT2D eigenvalue weighted by Gasteiger charge is 2.28. The molecule has 0 saturated heterocycles. The van der Waals surface area contributed by atoms with Crippen LogP contribution in [0.2, 0.25) is 0 Å². The second-order valence-corrected chi connectivity index (χ2v) is 4.75. The van der Waals surface area contributed by atoms with E-state index in [-0.39, 0.29) is 5.54 Å². The molecule has 0 bridgehead atoms. The van der Waals surface area contributed by atoms with Crippen molar-refractivity contribution in [3.8, 4) is 0 Å². The molecule has 0 aliphatic carbocycles. The molecular weight excluding hydrogens is 224 g/mol. The van der Waals surface area contributed by atoms with E-state index in [4.69, 9.17) is 5.73 Å². The maximum Gasteiger partial charge on any atom is 0.138 e. The van der Waals surface area contributed by atoms with Crippen LogP contribution in [0.25, 0.3) is 0 Å². The minimum absolute atomic E-state index is 0.364. The van der Waals surface area contributed by atoms with Gasteiger partial charge in [0.15, 0.2) is 0 Å². The first-order chi connectivity index (χ1) is 8.65. The smallest absolute Gasteiger partial charge is 0.138 e. The summed E-state index contributed by atoms with van der Waals surface area (Å²) in [4.78, 5) is 4.28. The van der Waals surface area contributed by atoms with E-state index in [1.807, 2.05) is 25.2 Å². The molecule has 0 spiro atoms. The predicted molar refractivity (Wildman–Crippen MR) is 71.9 cm³/mol. The molecule has 0 radical (unpaired) electrons. The summed E-state index contributed by atoms with van der Waals surface area (Å²) in [5.74, 6) is 0.926. The van der Waals surface area contributed by atoms with Crippen molar-refractivity contribution in [3.05, 3.63) is 48.0 Å². The summed E-state index contributed by atoms with van der Waals surface area (Å²) >= 11 is 0. The third-order valence-electron chi connectivity index (χ3n) is 3.32. The van der Waals surface area contributed by atoms with Crippen molar-refractivity contribution in [1.29, 1.82) is 0 Å². The fourth-order valence-electron chi connectivity index (χ4n) is 2.31. The maximum absolute atomic E-state index is 6.61. The van der Waals surface area contributed by atoms with Crippen LogP contribution in [-0.4, -0.2) is 14.8 Å². The van der Waals surface area contributed by atoms with Gasteiger partial charge in [-0.25, -0.2) is 4.98 Å². The zero-order chi connectivity index (χ0) is 13.0. The zero-order valence-electron chi connectivity index (χ0n) is 11.0. The average Bonchev–Trinajstić information content (AvgIpc) is 2.76. The number of nitrogens with two attached hydrogens (primary N) is 1. The Balaban J connectivity index is 2.30. The summed E-state index contributed by atoms with van der Waals surface area (Å²) in [6, 6.07) is 10.3. The maximum atomic E-state index is 6.61. The molecule has 1 atom stereocenters. The number of hydrogen-bond donors (Lipinski definition) is 1. The number of rotatable bonds is 5. The highest BCUT2D eigenvalue weighted by atomic mass is 15.3. The van der Waals surface area contributed by atoms with Crippen LogP contribution in [0.3, 0.4) is 0 Å². The van der Waals surface area contributed by atoms with Gasteiger partial charge in [-0.1, -0.05) is 43.7 Å². The molecule has 0 fully saturated rings. The largest absolute Gasteiger partial charge is 0.321 e. The Labute approximate surface area is 108 Å². The molecule has 1 unspecified atom stereocenters. The van der Waals surface area contributed by atoms with Crippen molar-refractivity contribution in [3.63, 3.8) is 0 Å². The molecule has 2 rings (SSSR count). The lowest BCUT2D eigenvalue weighted by Gasteiger charge is -2.29. The highest BCUT2D eigenvalue weighted by Crippen LogP contribution is 2.27. The van der Waals surface area contributed by atoms with E-state index in [1.165, 1.54) is 0 Å². The Morgan fingerprint density at radius 1 is 1.28 bits per heavy atom. The first-order valence-corrected chi connectivity index (χ1v) is 6.33. The van der Waals surface area contributed by atoms with Crippen LogP contribution in [0.15, 0.2) is 36.7 Å². The highest BCUT2D eigenvalue weighted by molar-refractivity contribution is 5.25. The number of aryl methyl sites for hydroxylation is 1. The Morgan fingerprint density at radius 3 is 2.56 bits per heavy atom. The quantitative estimate of drug-likeness (QED) is 0.875. The molecular formula is C14H20N4. The molecule has 0 amide bonds. The van der Waals surface area contributed by atoms with E-state index in [0.717, 1.165) is 24.2 Å². The monoisotopic (exact) mass is 244 g/mol. The summed E-state index contributed by atoms with van der Waals surface area (Å²) in [5, 5.41) is 4.10. The second-order valence-electron chi connectivity index (χ2n) is 4.75. The van der Waals surface area contributed by atoms with Gasteiger partial charge in [0.2, 0.25) is 0 Å². The summed E-state index contributed by atoms with van der Waals surface area (Å²) in [5.41, 5.74) is 7.41. The first-order valence-electron chi connectivity index (χ1n) is 6.33. The number of hydrogen-bond acceptors (Lipinski definition) is 3. The molecule has 0 saturated carbocycles. The van der Waals surface area contributed by atoms with Crippen molar-refractivity contribution in [2.75, 3.05) is 0 Å². The minimum atomic E-state index is -0.364. The molecule has 2 N–H and O–H groups in total. The zero-order valence-corrected chi connectivity index (χ0v) is 11.0. The van der Waals surface area contributed by atoms with Gasteiger partial charge >= 0.3 is 0 Å². The topological polar surface area (TPSA) is 56.7 Å². The molecule has 1 aromatic carbocycles. The summed E-state index contributed by atoms with van der Waals surface area (Å²) in [7, 11) is 1.90. The molecule has 1 heterocycles. The van der Waals surface area contributed by atoms with Gasteiger partial charge in [-0.2, -0.15) is 5.10 Å². The van der Waals surface area contributed by atoms with Gasteiger partial charge < -0.3 is 5.73 Å². The van der Waals surface area contributed by atoms with Gasteiger partial charge in [0, 0.05) is 19.0 Å². The van der Waals surface area contributed by atoms with Crippen molar-refractivity contribution in [2.24, 2.45) is 12.8 Å². The van der Waals surface area contributed by atoms with Gasteiger partial charge in [-0.05, 0) is 12.0 Å². The van der Waals surface area contributed by atoms with Gasteiger partial charge in [0.05, 0.1) is 0 Å². The van der Waals surface area contributed by atoms with Crippen LogP contribution < -0.4 is 5.73 Å². The number of nitrogens with zero attached hydrogens (tertiary/aromatic N) is 3. The molecule has 1 aromatic heterocycles. The van der Waals surface area contributed by atoms with E-state index in [0.29, 0.717) is 6.42 Å². The van der Waals surface area contributed by atoms with E-state index < -0.39 is 0 Å². The van der Waals surface area contributed by atoms with E-state index >= 15 is 0 Å². The summed E-state index contributed by atoms with van der Waals surface area (Å²) in [6.07, 6.45) is 4.27.